The summed E-state index contributed by atoms with van der Waals surface area (Å²) in [6.07, 6.45) is 1.95. The molecule has 1 aromatic heterocycles. The molecule has 102 valence electrons. The van der Waals surface area contributed by atoms with Crippen LogP contribution in [0.4, 0.5) is 5.13 Å². The molecule has 2 N–H and O–H groups in total. The lowest BCUT2D eigenvalue weighted by atomic mass is 10.4. The highest BCUT2D eigenvalue weighted by Gasteiger charge is 2.11. The third-order valence-corrected chi connectivity index (χ3v) is 3.09. The average Bonchev–Trinajstić information content (AvgIpc) is 2.80. The van der Waals surface area contributed by atoms with Crippen molar-refractivity contribution in [3.8, 4) is 0 Å². The topological polar surface area (TPSA) is 70.1 Å². The van der Waals surface area contributed by atoms with Gasteiger partial charge in [0.1, 0.15) is 0 Å². The Labute approximate surface area is 112 Å². The molecule has 1 heterocycles. The molecule has 6 nitrogen and oxygen atoms in total. The van der Waals surface area contributed by atoms with Gasteiger partial charge >= 0.3 is 0 Å². The van der Waals surface area contributed by atoms with Gasteiger partial charge in [-0.1, -0.05) is 18.3 Å². The number of carbonyl (C=O) groups excluding carboxylic acids is 1. The maximum absolute atomic E-state index is 11.7. The fraction of sp³-hybridized carbons (Fsp3) is 0.727. The van der Waals surface area contributed by atoms with Crippen LogP contribution in [0.3, 0.4) is 0 Å². The first kappa shape index (κ1) is 14.8. The van der Waals surface area contributed by atoms with Gasteiger partial charge in [0.25, 0.3) is 5.91 Å². The van der Waals surface area contributed by atoms with Crippen molar-refractivity contribution in [2.24, 2.45) is 0 Å². The first-order valence-corrected chi connectivity index (χ1v) is 6.95. The molecular weight excluding hydrogens is 250 g/mol. The number of anilines is 1. The average molecular weight is 271 g/mol. The van der Waals surface area contributed by atoms with Crippen LogP contribution < -0.4 is 10.6 Å². The van der Waals surface area contributed by atoms with Crippen molar-refractivity contribution in [3.05, 3.63) is 5.01 Å². The summed E-state index contributed by atoms with van der Waals surface area (Å²) in [6.45, 7) is 4.54. The second-order valence-corrected chi connectivity index (χ2v) is 5.23. The molecule has 1 aromatic rings. The van der Waals surface area contributed by atoms with Gasteiger partial charge in [0.05, 0.1) is 0 Å². The third kappa shape index (κ3) is 5.42. The number of nitrogens with zero attached hydrogens (tertiary/aromatic N) is 3. The SMILES string of the molecule is CCCNc1nnc(C(=O)NCCCN(C)C)s1. The van der Waals surface area contributed by atoms with Crippen LogP contribution >= 0.6 is 11.3 Å². The number of rotatable bonds is 8. The summed E-state index contributed by atoms with van der Waals surface area (Å²) < 4.78 is 0. The minimum atomic E-state index is -0.143. The minimum absolute atomic E-state index is 0.143. The van der Waals surface area contributed by atoms with Crippen molar-refractivity contribution in [1.82, 2.24) is 20.4 Å². The van der Waals surface area contributed by atoms with Crippen LogP contribution in [0.1, 0.15) is 29.6 Å². The molecule has 0 aliphatic heterocycles. The Balaban J connectivity index is 2.30. The molecule has 0 unspecified atom stereocenters. The second kappa shape index (κ2) is 7.99. The molecule has 0 aliphatic carbocycles. The highest BCUT2D eigenvalue weighted by atomic mass is 32.1. The van der Waals surface area contributed by atoms with Crippen LogP contribution in [0.25, 0.3) is 0 Å². The van der Waals surface area contributed by atoms with E-state index in [1.165, 1.54) is 11.3 Å². The van der Waals surface area contributed by atoms with Gasteiger partial charge in [-0.3, -0.25) is 4.79 Å². The largest absolute Gasteiger partial charge is 0.360 e. The van der Waals surface area contributed by atoms with Gasteiger partial charge in [-0.15, -0.1) is 10.2 Å². The lowest BCUT2D eigenvalue weighted by Crippen LogP contribution is -2.27. The number of carbonyl (C=O) groups is 1. The molecule has 7 heteroatoms. The Morgan fingerprint density at radius 3 is 2.78 bits per heavy atom. The van der Waals surface area contributed by atoms with E-state index in [0.29, 0.717) is 16.7 Å². The number of amides is 1. The fourth-order valence-corrected chi connectivity index (χ4v) is 1.98. The van der Waals surface area contributed by atoms with Gasteiger partial charge < -0.3 is 15.5 Å². The standard InChI is InChI=1S/C11H21N5OS/c1-4-6-13-11-15-14-10(18-11)9(17)12-7-5-8-16(2)3/h4-8H2,1-3H3,(H,12,17)(H,13,15). The van der Waals surface area contributed by atoms with Crippen molar-refractivity contribution in [2.45, 2.75) is 19.8 Å². The lowest BCUT2D eigenvalue weighted by Gasteiger charge is -2.08. The monoisotopic (exact) mass is 271 g/mol. The molecule has 0 saturated heterocycles. The summed E-state index contributed by atoms with van der Waals surface area (Å²) in [5.41, 5.74) is 0. The van der Waals surface area contributed by atoms with Crippen LogP contribution in [0.5, 0.6) is 0 Å². The third-order valence-electron chi connectivity index (χ3n) is 2.21. The number of hydrogen-bond donors (Lipinski definition) is 2. The van der Waals surface area contributed by atoms with Gasteiger partial charge in [0.15, 0.2) is 0 Å². The van der Waals surface area contributed by atoms with Crippen LogP contribution in [0.2, 0.25) is 0 Å². The van der Waals surface area contributed by atoms with Crippen LogP contribution in [0, 0.1) is 0 Å². The van der Waals surface area contributed by atoms with Crippen molar-refractivity contribution >= 4 is 22.4 Å². The lowest BCUT2D eigenvalue weighted by molar-refractivity contribution is 0.0951. The Kier molecular flexibility index (Phi) is 6.59. The predicted octanol–water partition coefficient (Wildman–Crippen LogP) is 1.04. The molecule has 0 radical (unpaired) electrons. The maximum Gasteiger partial charge on any atom is 0.282 e. The Hall–Kier alpha value is -1.21. The number of nitrogens with one attached hydrogen (secondary N) is 2. The van der Waals surface area contributed by atoms with E-state index in [2.05, 4.69) is 32.7 Å². The Bertz CT molecular complexity index is 366. The molecular formula is C11H21N5OS. The van der Waals surface area contributed by atoms with E-state index < -0.39 is 0 Å². The number of aromatic nitrogens is 2. The van der Waals surface area contributed by atoms with Gasteiger partial charge in [0, 0.05) is 13.1 Å². The summed E-state index contributed by atoms with van der Waals surface area (Å²) in [6, 6.07) is 0. The zero-order valence-corrected chi connectivity index (χ0v) is 12.0. The minimum Gasteiger partial charge on any atom is -0.360 e. The molecule has 0 bridgehead atoms. The summed E-state index contributed by atoms with van der Waals surface area (Å²) in [5, 5.41) is 14.9. The van der Waals surface area contributed by atoms with E-state index in [1.807, 2.05) is 14.1 Å². The normalized spacial score (nSPS) is 10.7. The van der Waals surface area contributed by atoms with Crippen LogP contribution in [-0.2, 0) is 0 Å². The maximum atomic E-state index is 11.7. The second-order valence-electron chi connectivity index (χ2n) is 4.25. The molecule has 0 saturated carbocycles. The molecule has 1 amide bonds. The zero-order chi connectivity index (χ0) is 13.4. The van der Waals surface area contributed by atoms with E-state index in [0.717, 1.165) is 25.9 Å². The first-order valence-electron chi connectivity index (χ1n) is 6.13. The summed E-state index contributed by atoms with van der Waals surface area (Å²) in [7, 11) is 4.02. The Morgan fingerprint density at radius 2 is 2.11 bits per heavy atom. The summed E-state index contributed by atoms with van der Waals surface area (Å²) >= 11 is 1.29. The van der Waals surface area contributed by atoms with Gasteiger partial charge in [-0.05, 0) is 33.5 Å². The van der Waals surface area contributed by atoms with Gasteiger partial charge in [0.2, 0.25) is 10.1 Å². The van der Waals surface area contributed by atoms with Crippen molar-refractivity contribution in [3.63, 3.8) is 0 Å². The van der Waals surface area contributed by atoms with Crippen molar-refractivity contribution < 1.29 is 4.79 Å². The fourth-order valence-electron chi connectivity index (χ4n) is 1.29. The van der Waals surface area contributed by atoms with Gasteiger partial charge in [-0.25, -0.2) is 0 Å². The molecule has 0 spiro atoms. The van der Waals surface area contributed by atoms with E-state index in [9.17, 15) is 4.79 Å². The molecule has 0 aliphatic rings. The molecule has 1 rings (SSSR count). The van der Waals surface area contributed by atoms with E-state index in [-0.39, 0.29) is 5.91 Å². The summed E-state index contributed by atoms with van der Waals surface area (Å²) in [4.78, 5) is 13.8. The summed E-state index contributed by atoms with van der Waals surface area (Å²) in [5.74, 6) is -0.143. The van der Waals surface area contributed by atoms with E-state index in [1.54, 1.807) is 0 Å². The van der Waals surface area contributed by atoms with E-state index in [4.69, 9.17) is 0 Å². The highest BCUT2D eigenvalue weighted by molar-refractivity contribution is 7.17. The predicted molar refractivity (Wildman–Crippen MR) is 74.2 cm³/mol. The molecule has 0 aromatic carbocycles. The van der Waals surface area contributed by atoms with Gasteiger partial charge in [-0.2, -0.15) is 0 Å². The smallest absolute Gasteiger partial charge is 0.282 e. The van der Waals surface area contributed by atoms with Crippen LogP contribution in [-0.4, -0.2) is 54.7 Å². The molecule has 0 fully saturated rings. The highest BCUT2D eigenvalue weighted by Crippen LogP contribution is 2.14. The Morgan fingerprint density at radius 1 is 1.33 bits per heavy atom. The van der Waals surface area contributed by atoms with Crippen LogP contribution in [0.15, 0.2) is 0 Å². The van der Waals surface area contributed by atoms with Crippen molar-refractivity contribution in [1.29, 1.82) is 0 Å². The number of hydrogen-bond acceptors (Lipinski definition) is 6. The van der Waals surface area contributed by atoms with Crippen molar-refractivity contribution in [2.75, 3.05) is 39.0 Å². The molecule has 0 atom stereocenters. The zero-order valence-electron chi connectivity index (χ0n) is 11.2. The first-order chi connectivity index (χ1) is 8.63. The quantitative estimate of drug-likeness (QED) is 0.691. The van der Waals surface area contributed by atoms with E-state index >= 15 is 0 Å². The molecule has 18 heavy (non-hydrogen) atoms.